The van der Waals surface area contributed by atoms with Crippen LogP contribution in [0.25, 0.3) is 0 Å². The van der Waals surface area contributed by atoms with Gasteiger partial charge in [-0.2, -0.15) is 8.42 Å². The molecule has 0 aromatic carbocycles. The topological polar surface area (TPSA) is 54.4 Å². The van der Waals surface area contributed by atoms with Crippen LogP contribution in [-0.2, 0) is 10.1 Å². The summed E-state index contributed by atoms with van der Waals surface area (Å²) in [6.45, 7) is 23.2. The molecule has 1 N–H and O–H groups in total. The van der Waals surface area contributed by atoms with E-state index in [1.165, 1.54) is 19.3 Å². The van der Waals surface area contributed by atoms with Crippen molar-refractivity contribution in [2.24, 2.45) is 5.92 Å². The van der Waals surface area contributed by atoms with Gasteiger partial charge >= 0.3 is 0 Å². The van der Waals surface area contributed by atoms with Crippen molar-refractivity contribution >= 4 is 10.1 Å². The van der Waals surface area contributed by atoms with Crippen molar-refractivity contribution in [3.05, 3.63) is 50.6 Å². The second-order valence-electron chi connectivity index (χ2n) is 7.46. The van der Waals surface area contributed by atoms with Gasteiger partial charge in [-0.3, -0.25) is 4.55 Å². The maximum Gasteiger partial charge on any atom is 0.264 e. The predicted octanol–water partition coefficient (Wildman–Crippen LogP) is 5.42. The Labute approximate surface area is 168 Å². The molecule has 0 rings (SSSR count). The largest absolute Gasteiger partial charge is 0.311 e. The molecule has 0 bridgehead atoms. The summed E-state index contributed by atoms with van der Waals surface area (Å²) < 4.78 is 30.1. The number of rotatable bonds is 16. The smallest absolute Gasteiger partial charge is 0.264 e. The number of hydrogen-bond donors (Lipinski definition) is 1. The number of hydrogen-bond acceptors (Lipinski definition) is 2. The van der Waals surface area contributed by atoms with E-state index in [9.17, 15) is 8.42 Å². The third-order valence-corrected chi connectivity index (χ3v) is 5.05. The second kappa shape index (κ2) is 17.0. The fourth-order valence-electron chi connectivity index (χ4n) is 2.91. The maximum atomic E-state index is 10.4. The van der Waals surface area contributed by atoms with Gasteiger partial charge in [-0.25, -0.2) is 0 Å². The van der Waals surface area contributed by atoms with Crippen LogP contribution in [0.3, 0.4) is 0 Å². The van der Waals surface area contributed by atoms with Crippen molar-refractivity contribution in [3.8, 4) is 0 Å². The molecule has 27 heavy (non-hydrogen) atoms. The summed E-state index contributed by atoms with van der Waals surface area (Å²) in [6, 6.07) is 0. The van der Waals surface area contributed by atoms with E-state index < -0.39 is 10.1 Å². The highest BCUT2D eigenvalue weighted by Gasteiger charge is 2.20. The molecule has 0 atom stereocenters. The van der Waals surface area contributed by atoms with Crippen molar-refractivity contribution in [1.82, 2.24) is 0 Å². The third-order valence-electron chi connectivity index (χ3n) is 4.25. The number of unbranched alkanes of at least 4 members (excludes halogenated alkanes) is 4. The van der Waals surface area contributed by atoms with Crippen molar-refractivity contribution in [3.63, 3.8) is 0 Å². The minimum absolute atomic E-state index is 0.0861. The summed E-state index contributed by atoms with van der Waals surface area (Å²) in [5, 5.41) is 0. The molecule has 0 aliphatic heterocycles. The van der Waals surface area contributed by atoms with Crippen molar-refractivity contribution in [2.45, 2.75) is 52.4 Å². The summed E-state index contributed by atoms with van der Waals surface area (Å²) >= 11 is 0. The number of nitrogens with zero attached hydrogens (tertiary/aromatic N) is 1. The Hall–Kier alpha value is -1.17. The minimum Gasteiger partial charge on any atom is -0.311 e. The minimum atomic E-state index is -3.73. The fraction of sp³-hybridized carbons (Fsp3) is 0.636. The Balaban J connectivity index is 0. The summed E-state index contributed by atoms with van der Waals surface area (Å²) in [5.74, 6) is 0.671. The van der Waals surface area contributed by atoms with E-state index in [-0.39, 0.29) is 5.75 Å². The van der Waals surface area contributed by atoms with Gasteiger partial charge in [-0.1, -0.05) is 72.3 Å². The molecular formula is C22H42NO3S+. The summed E-state index contributed by atoms with van der Waals surface area (Å²) in [4.78, 5) is 0. The summed E-state index contributed by atoms with van der Waals surface area (Å²) in [6.07, 6.45) is 14.0. The van der Waals surface area contributed by atoms with Crippen LogP contribution >= 0.6 is 0 Å². The van der Waals surface area contributed by atoms with E-state index in [2.05, 4.69) is 40.2 Å². The molecule has 0 saturated heterocycles. The monoisotopic (exact) mass is 400 g/mol. The Bertz CT molecular complexity index is 464. The van der Waals surface area contributed by atoms with Crippen LogP contribution < -0.4 is 0 Å². The third kappa shape index (κ3) is 19.4. The molecule has 0 radical (unpaired) electrons. The Morgan fingerprint density at radius 2 is 1.15 bits per heavy atom. The molecule has 5 heteroatoms. The van der Waals surface area contributed by atoms with Crippen molar-refractivity contribution < 1.29 is 17.5 Å². The SMILES string of the molecule is C=CC[N+](CC=C)(CC=C)CC=C.CC(C)CCCCCCCS(=O)(=O)O. The van der Waals surface area contributed by atoms with Gasteiger partial charge in [-0.15, -0.1) is 0 Å². The van der Waals surface area contributed by atoms with E-state index in [1.54, 1.807) is 0 Å². The average molecular weight is 401 g/mol. The van der Waals surface area contributed by atoms with Gasteiger partial charge in [0.05, 0.1) is 31.9 Å². The molecule has 0 aromatic heterocycles. The van der Waals surface area contributed by atoms with Crippen molar-refractivity contribution in [1.29, 1.82) is 0 Å². The molecule has 4 nitrogen and oxygen atoms in total. The van der Waals surface area contributed by atoms with Crippen LogP contribution in [0, 0.1) is 5.92 Å². The van der Waals surface area contributed by atoms with Gasteiger partial charge < -0.3 is 4.48 Å². The van der Waals surface area contributed by atoms with Gasteiger partial charge in [0.2, 0.25) is 0 Å². The average Bonchev–Trinajstić information content (AvgIpc) is 2.54. The van der Waals surface area contributed by atoms with Crippen LogP contribution in [0.2, 0.25) is 0 Å². The zero-order chi connectivity index (χ0) is 21.2. The van der Waals surface area contributed by atoms with E-state index in [1.807, 2.05) is 24.3 Å². The van der Waals surface area contributed by atoms with Gasteiger partial charge in [-0.05, 0) is 36.6 Å². The lowest BCUT2D eigenvalue weighted by Gasteiger charge is -2.35. The lowest BCUT2D eigenvalue weighted by molar-refractivity contribution is -0.906. The molecule has 0 spiro atoms. The highest BCUT2D eigenvalue weighted by atomic mass is 32.2. The first-order chi connectivity index (χ1) is 12.7. The van der Waals surface area contributed by atoms with Gasteiger partial charge in [0, 0.05) is 0 Å². The van der Waals surface area contributed by atoms with E-state index in [0.29, 0.717) is 6.42 Å². The first-order valence-electron chi connectivity index (χ1n) is 9.90. The lowest BCUT2D eigenvalue weighted by Crippen LogP contribution is -2.48. The van der Waals surface area contributed by atoms with E-state index >= 15 is 0 Å². The molecule has 0 aliphatic rings. The maximum absolute atomic E-state index is 10.4. The molecule has 0 fully saturated rings. The lowest BCUT2D eigenvalue weighted by atomic mass is 10.0. The molecule has 158 valence electrons. The predicted molar refractivity (Wildman–Crippen MR) is 119 cm³/mol. The molecule has 0 aliphatic carbocycles. The van der Waals surface area contributed by atoms with Crippen LogP contribution in [0.5, 0.6) is 0 Å². The molecule has 0 heterocycles. The van der Waals surface area contributed by atoms with Gasteiger partial charge in [0.25, 0.3) is 10.1 Å². The van der Waals surface area contributed by atoms with Crippen molar-refractivity contribution in [2.75, 3.05) is 31.9 Å². The molecule has 0 unspecified atom stereocenters. The van der Waals surface area contributed by atoms with Gasteiger partial charge in [0.1, 0.15) is 0 Å². The Kier molecular flexibility index (Phi) is 17.6. The summed E-state index contributed by atoms with van der Waals surface area (Å²) in [7, 11) is -3.73. The Morgan fingerprint density at radius 3 is 1.48 bits per heavy atom. The molecule has 0 aromatic rings. The first kappa shape index (κ1) is 28.0. The normalized spacial score (nSPS) is 11.4. The Morgan fingerprint density at radius 1 is 0.778 bits per heavy atom. The van der Waals surface area contributed by atoms with E-state index in [0.717, 1.165) is 49.4 Å². The van der Waals surface area contributed by atoms with Crippen LogP contribution in [-0.4, -0.2) is 49.4 Å². The second-order valence-corrected chi connectivity index (χ2v) is 9.04. The quantitative estimate of drug-likeness (QED) is 0.163. The highest BCUT2D eigenvalue weighted by molar-refractivity contribution is 7.85. The summed E-state index contributed by atoms with van der Waals surface area (Å²) in [5.41, 5.74) is 0. The zero-order valence-corrected chi connectivity index (χ0v) is 18.4. The zero-order valence-electron chi connectivity index (χ0n) is 17.6. The van der Waals surface area contributed by atoms with E-state index in [4.69, 9.17) is 4.55 Å². The standard InChI is InChI=1S/C12H20N.C10H22O3S/c1-5-9-13(10-6-2,11-7-3)12-8-4;1-10(2)8-6-4-3-5-7-9-14(11,12)13/h5-8H,1-4,9-12H2;10H,3-9H2,1-2H3,(H,11,12,13)/q+1;. The first-order valence-corrected chi connectivity index (χ1v) is 11.5. The highest BCUT2D eigenvalue weighted by Crippen LogP contribution is 2.10. The van der Waals surface area contributed by atoms with Crippen LogP contribution in [0.1, 0.15) is 52.4 Å². The van der Waals surface area contributed by atoms with Gasteiger partial charge in [0.15, 0.2) is 0 Å². The number of quaternary nitrogens is 1. The molecule has 0 saturated carbocycles. The van der Waals surface area contributed by atoms with Crippen LogP contribution in [0.15, 0.2) is 50.6 Å². The fourth-order valence-corrected chi connectivity index (χ4v) is 3.48. The molecular weight excluding hydrogens is 358 g/mol. The molecule has 0 amide bonds. The van der Waals surface area contributed by atoms with Crippen LogP contribution in [0.4, 0.5) is 0 Å².